The van der Waals surface area contributed by atoms with Gasteiger partial charge in [-0.05, 0) is 95.1 Å². The highest BCUT2D eigenvalue weighted by molar-refractivity contribution is 6.10. The van der Waals surface area contributed by atoms with Crippen LogP contribution in [-0.2, 0) is 0 Å². The van der Waals surface area contributed by atoms with Gasteiger partial charge in [0.05, 0.1) is 56.2 Å². The number of aromatic nitrogens is 7. The number of hydrogen-bond acceptors (Lipinski definition) is 5. The third kappa shape index (κ3) is 8.29. The lowest BCUT2D eigenvalue weighted by atomic mass is 9.92. The van der Waals surface area contributed by atoms with E-state index in [1.807, 2.05) is 36.7 Å². The Hall–Kier alpha value is -10.9. The van der Waals surface area contributed by atoms with Crippen molar-refractivity contribution >= 4 is 43.6 Å². The maximum absolute atomic E-state index is 5.68. The highest BCUT2D eigenvalue weighted by Gasteiger charge is 2.22. The van der Waals surface area contributed by atoms with Gasteiger partial charge in [0.15, 0.2) is 0 Å². The molecular weight excluding hydrogens is 975 g/mol. The van der Waals surface area contributed by atoms with E-state index in [9.17, 15) is 0 Å². The van der Waals surface area contributed by atoms with E-state index in [1.165, 1.54) is 10.8 Å². The minimum Gasteiger partial charge on any atom is -0.294 e. The van der Waals surface area contributed by atoms with E-state index in [2.05, 4.69) is 263 Å². The molecule has 0 aliphatic rings. The average Bonchev–Trinajstić information content (AvgIpc) is 4.26. The predicted octanol–water partition coefficient (Wildman–Crippen LogP) is 18.2. The van der Waals surface area contributed by atoms with Crippen LogP contribution in [0, 0.1) is 0 Å². The van der Waals surface area contributed by atoms with Crippen LogP contribution in [0.2, 0.25) is 0 Å². The van der Waals surface area contributed by atoms with Gasteiger partial charge in [0.2, 0.25) is 0 Å². The van der Waals surface area contributed by atoms with Crippen LogP contribution in [-0.4, -0.2) is 34.1 Å². The molecule has 80 heavy (non-hydrogen) atoms. The summed E-state index contributed by atoms with van der Waals surface area (Å²) in [5, 5.41) is 4.51. The molecule has 0 atom stereocenters. The Labute approximate surface area is 462 Å². The molecule has 7 heterocycles. The molecule has 0 fully saturated rings. The van der Waals surface area contributed by atoms with Gasteiger partial charge in [0, 0.05) is 67.3 Å². The Balaban J connectivity index is 1.00. The molecule has 0 aliphatic carbocycles. The smallest absolute Gasteiger partial charge is 0.140 e. The zero-order valence-electron chi connectivity index (χ0n) is 43.3. The second kappa shape index (κ2) is 19.6. The van der Waals surface area contributed by atoms with Crippen LogP contribution in [0.5, 0.6) is 0 Å². The molecule has 7 aromatic heterocycles. The number of rotatable bonds is 10. The zero-order chi connectivity index (χ0) is 52.9. The standard InChI is InChI=1S/C73H47N7/c1-5-21-48(22-6-1)62-41-54(42-63(75-62)49-23-7-2-8-24-49)66-39-52(40-67(77-66)55-43-64(50-25-9-3-10-26-50)76-65(44-55)51-27-11-4-12-28-51)56-29-13-14-30-57(56)53-45-72(79-68-34-18-15-31-58(68)59-32-16-19-35-69(59)79)78-73(46-53)80-70-36-20-17-33-60(70)61-47-74-38-37-71(61)80/h1-47H. The van der Waals surface area contributed by atoms with E-state index >= 15 is 0 Å². The van der Waals surface area contributed by atoms with E-state index < -0.39 is 0 Å². The van der Waals surface area contributed by atoms with Crippen molar-refractivity contribution in [1.29, 1.82) is 0 Å². The van der Waals surface area contributed by atoms with Crippen molar-refractivity contribution in [3.8, 4) is 101 Å². The van der Waals surface area contributed by atoms with Crippen molar-refractivity contribution in [1.82, 2.24) is 34.1 Å². The first-order chi connectivity index (χ1) is 39.6. The third-order valence-electron chi connectivity index (χ3n) is 15.2. The second-order valence-electron chi connectivity index (χ2n) is 20.1. The van der Waals surface area contributed by atoms with Crippen molar-refractivity contribution in [2.45, 2.75) is 0 Å². The molecule has 0 bridgehead atoms. The fourth-order valence-electron chi connectivity index (χ4n) is 11.5. The van der Waals surface area contributed by atoms with Crippen molar-refractivity contribution in [2.24, 2.45) is 0 Å². The quantitative estimate of drug-likeness (QED) is 0.136. The van der Waals surface area contributed by atoms with Crippen LogP contribution in [0.3, 0.4) is 0 Å². The number of benzene rings is 8. The first-order valence-electron chi connectivity index (χ1n) is 26.9. The first kappa shape index (κ1) is 46.4. The molecule has 0 aliphatic heterocycles. The normalized spacial score (nSPS) is 11.5. The molecule has 0 amide bonds. The van der Waals surface area contributed by atoms with Gasteiger partial charge in [-0.25, -0.2) is 19.9 Å². The molecule has 0 saturated carbocycles. The van der Waals surface area contributed by atoms with Gasteiger partial charge in [0.25, 0.3) is 0 Å². The van der Waals surface area contributed by atoms with Crippen LogP contribution in [0.1, 0.15) is 0 Å². The van der Waals surface area contributed by atoms with E-state index in [0.29, 0.717) is 0 Å². The van der Waals surface area contributed by atoms with E-state index in [4.69, 9.17) is 19.9 Å². The van der Waals surface area contributed by atoms with Gasteiger partial charge < -0.3 is 0 Å². The number of nitrogens with zero attached hydrogens (tertiary/aromatic N) is 7. The highest BCUT2D eigenvalue weighted by Crippen LogP contribution is 2.42. The molecule has 8 aromatic carbocycles. The zero-order valence-corrected chi connectivity index (χ0v) is 43.3. The van der Waals surface area contributed by atoms with Crippen LogP contribution in [0.25, 0.3) is 145 Å². The lowest BCUT2D eigenvalue weighted by molar-refractivity contribution is 1.01. The summed E-state index contributed by atoms with van der Waals surface area (Å²) >= 11 is 0. The van der Waals surface area contributed by atoms with Gasteiger partial charge in [-0.2, -0.15) is 0 Å². The van der Waals surface area contributed by atoms with E-state index in [1.54, 1.807) is 0 Å². The molecule has 374 valence electrons. The van der Waals surface area contributed by atoms with Gasteiger partial charge >= 0.3 is 0 Å². The molecule has 15 rings (SSSR count). The number of hydrogen-bond donors (Lipinski definition) is 0. The predicted molar refractivity (Wildman–Crippen MR) is 328 cm³/mol. The van der Waals surface area contributed by atoms with Crippen LogP contribution in [0.15, 0.2) is 285 Å². The van der Waals surface area contributed by atoms with E-state index in [0.717, 1.165) is 134 Å². The summed E-state index contributed by atoms with van der Waals surface area (Å²) in [6.45, 7) is 0. The average molecular weight is 1020 g/mol. The highest BCUT2D eigenvalue weighted by atomic mass is 15.1. The molecule has 0 unspecified atom stereocenters. The summed E-state index contributed by atoms with van der Waals surface area (Å²) in [7, 11) is 0. The van der Waals surface area contributed by atoms with Gasteiger partial charge in [-0.3, -0.25) is 14.1 Å². The van der Waals surface area contributed by atoms with Crippen molar-refractivity contribution in [3.05, 3.63) is 285 Å². The number of para-hydroxylation sites is 3. The molecule has 0 radical (unpaired) electrons. The van der Waals surface area contributed by atoms with Crippen LogP contribution < -0.4 is 0 Å². The largest absolute Gasteiger partial charge is 0.294 e. The van der Waals surface area contributed by atoms with Crippen molar-refractivity contribution in [3.63, 3.8) is 0 Å². The van der Waals surface area contributed by atoms with Crippen LogP contribution in [0.4, 0.5) is 0 Å². The number of pyridine rings is 5. The van der Waals surface area contributed by atoms with Gasteiger partial charge in [0.1, 0.15) is 11.6 Å². The Bertz CT molecular complexity index is 4320. The second-order valence-corrected chi connectivity index (χ2v) is 20.1. The molecule has 7 nitrogen and oxygen atoms in total. The lowest BCUT2D eigenvalue weighted by Crippen LogP contribution is -2.04. The van der Waals surface area contributed by atoms with Gasteiger partial charge in [-0.15, -0.1) is 0 Å². The summed E-state index contributed by atoms with van der Waals surface area (Å²) < 4.78 is 4.60. The molecule has 0 N–H and O–H groups in total. The summed E-state index contributed by atoms with van der Waals surface area (Å²) in [6, 6.07) is 95.9. The Morgan fingerprint density at radius 1 is 0.225 bits per heavy atom. The molecule has 0 saturated heterocycles. The van der Waals surface area contributed by atoms with Crippen molar-refractivity contribution < 1.29 is 0 Å². The lowest BCUT2D eigenvalue weighted by Gasteiger charge is -2.18. The molecular formula is C73H47N7. The minimum absolute atomic E-state index is 0.792. The minimum atomic E-state index is 0.792. The third-order valence-corrected chi connectivity index (χ3v) is 15.2. The van der Waals surface area contributed by atoms with Gasteiger partial charge in [-0.1, -0.05) is 200 Å². The monoisotopic (exact) mass is 1020 g/mol. The fraction of sp³-hybridized carbons (Fsp3) is 0. The topological polar surface area (TPSA) is 74.3 Å². The SMILES string of the molecule is c1ccc(-c2cc(-c3cc(-c4ccccc4-c4cc(-n5c6ccccc6c6ccccc65)nc(-n5c6ccccc6c6cnccc65)c4)cc(-c4cc(-c5ccccc5)nc(-c5ccccc5)c4)n3)cc(-c3ccccc3)n2)cc1. The maximum atomic E-state index is 5.68. The molecule has 7 heteroatoms. The van der Waals surface area contributed by atoms with E-state index in [-0.39, 0.29) is 0 Å². The summed E-state index contributed by atoms with van der Waals surface area (Å²) in [5.41, 5.74) is 19.4. The molecule has 0 spiro atoms. The Morgan fingerprint density at radius 2 is 0.525 bits per heavy atom. The summed E-state index contributed by atoms with van der Waals surface area (Å²) in [6.07, 6.45) is 3.83. The first-order valence-corrected chi connectivity index (χ1v) is 26.9. The number of fused-ring (bicyclic) bond motifs is 6. The maximum Gasteiger partial charge on any atom is 0.140 e. The van der Waals surface area contributed by atoms with Crippen molar-refractivity contribution in [2.75, 3.05) is 0 Å². The fourth-order valence-corrected chi connectivity index (χ4v) is 11.5. The molecule has 15 aromatic rings. The Morgan fingerprint density at radius 3 is 0.925 bits per heavy atom. The summed E-state index contributed by atoms with van der Waals surface area (Å²) in [4.78, 5) is 26.5. The Kier molecular flexibility index (Phi) is 11.4. The summed E-state index contributed by atoms with van der Waals surface area (Å²) in [5.74, 6) is 1.60. The van der Waals surface area contributed by atoms with Crippen LogP contribution >= 0.6 is 0 Å².